The topological polar surface area (TPSA) is 80.1 Å². The Balaban J connectivity index is 1.98. The summed E-state index contributed by atoms with van der Waals surface area (Å²) in [6.07, 6.45) is -0.0988. The zero-order valence-corrected chi connectivity index (χ0v) is 13.8. The standard InChI is InChI=1S/C17H20N4O2/c1-11(23-15-7-5-14(22-4)6-8-15)10-19-17-16(9-18)12(2)13(3)20-21-17/h5-8,11H,10H2,1-4H3,(H,19,21). The molecular formula is C17H20N4O2. The molecule has 1 aromatic heterocycles. The Kier molecular flexibility index (Phi) is 5.36. The van der Waals surface area contributed by atoms with Crippen molar-refractivity contribution in [3.05, 3.63) is 41.1 Å². The van der Waals surface area contributed by atoms with E-state index >= 15 is 0 Å². The number of nitrogens with one attached hydrogen (secondary N) is 1. The highest BCUT2D eigenvalue weighted by Crippen LogP contribution is 2.19. The van der Waals surface area contributed by atoms with Crippen LogP contribution in [0.2, 0.25) is 0 Å². The molecule has 0 bridgehead atoms. The van der Waals surface area contributed by atoms with Gasteiger partial charge in [-0.05, 0) is 50.6 Å². The molecule has 6 heteroatoms. The van der Waals surface area contributed by atoms with Gasteiger partial charge in [0.25, 0.3) is 0 Å². The van der Waals surface area contributed by atoms with Crippen LogP contribution in [0.25, 0.3) is 0 Å². The van der Waals surface area contributed by atoms with Crippen LogP contribution >= 0.6 is 0 Å². The van der Waals surface area contributed by atoms with E-state index in [1.807, 2.05) is 45.0 Å². The lowest BCUT2D eigenvalue weighted by Gasteiger charge is -2.16. The second-order valence-electron chi connectivity index (χ2n) is 5.23. The normalized spacial score (nSPS) is 11.4. The lowest BCUT2D eigenvalue weighted by Crippen LogP contribution is -2.24. The molecule has 0 saturated heterocycles. The third kappa shape index (κ3) is 4.10. The van der Waals surface area contributed by atoms with Gasteiger partial charge in [-0.2, -0.15) is 10.4 Å². The fraction of sp³-hybridized carbons (Fsp3) is 0.353. The van der Waals surface area contributed by atoms with Gasteiger partial charge in [-0.1, -0.05) is 0 Å². The molecule has 120 valence electrons. The third-order valence-electron chi connectivity index (χ3n) is 3.52. The highest BCUT2D eigenvalue weighted by atomic mass is 16.5. The van der Waals surface area contributed by atoms with Gasteiger partial charge in [0.2, 0.25) is 0 Å². The van der Waals surface area contributed by atoms with E-state index in [1.54, 1.807) is 7.11 Å². The Hall–Kier alpha value is -2.81. The van der Waals surface area contributed by atoms with Crippen LogP contribution in [0, 0.1) is 25.2 Å². The van der Waals surface area contributed by atoms with Crippen LogP contribution in [0.15, 0.2) is 24.3 Å². The van der Waals surface area contributed by atoms with E-state index in [0.29, 0.717) is 17.9 Å². The third-order valence-corrected chi connectivity index (χ3v) is 3.52. The molecule has 1 heterocycles. The van der Waals surface area contributed by atoms with Gasteiger partial charge < -0.3 is 14.8 Å². The predicted octanol–water partition coefficient (Wildman–Crippen LogP) is 2.85. The van der Waals surface area contributed by atoms with Gasteiger partial charge in [-0.15, -0.1) is 5.10 Å². The second-order valence-corrected chi connectivity index (χ2v) is 5.23. The largest absolute Gasteiger partial charge is 0.497 e. The Labute approximate surface area is 136 Å². The molecule has 0 aliphatic rings. The minimum atomic E-state index is -0.0988. The van der Waals surface area contributed by atoms with E-state index < -0.39 is 0 Å². The van der Waals surface area contributed by atoms with E-state index in [2.05, 4.69) is 21.6 Å². The summed E-state index contributed by atoms with van der Waals surface area (Å²) in [5, 5.41) is 20.5. The van der Waals surface area contributed by atoms with Crippen molar-refractivity contribution in [1.29, 1.82) is 5.26 Å². The molecule has 1 unspecified atom stereocenters. The number of nitriles is 1. The predicted molar refractivity (Wildman–Crippen MR) is 87.8 cm³/mol. The number of benzene rings is 1. The summed E-state index contributed by atoms with van der Waals surface area (Å²) < 4.78 is 10.9. The van der Waals surface area contributed by atoms with E-state index in [4.69, 9.17) is 9.47 Å². The second kappa shape index (κ2) is 7.45. The van der Waals surface area contributed by atoms with Crippen molar-refractivity contribution in [2.45, 2.75) is 26.9 Å². The molecule has 0 spiro atoms. The minimum Gasteiger partial charge on any atom is -0.497 e. The molecule has 23 heavy (non-hydrogen) atoms. The summed E-state index contributed by atoms with van der Waals surface area (Å²) in [4.78, 5) is 0. The van der Waals surface area contributed by atoms with Crippen LogP contribution in [0.5, 0.6) is 11.5 Å². The van der Waals surface area contributed by atoms with Gasteiger partial charge in [0.05, 0.1) is 19.3 Å². The lowest BCUT2D eigenvalue weighted by molar-refractivity contribution is 0.234. The zero-order chi connectivity index (χ0) is 16.8. The molecular weight excluding hydrogens is 292 g/mol. The maximum Gasteiger partial charge on any atom is 0.167 e. The van der Waals surface area contributed by atoms with Crippen LogP contribution in [-0.2, 0) is 0 Å². The summed E-state index contributed by atoms with van der Waals surface area (Å²) in [5.74, 6) is 2.03. The molecule has 6 nitrogen and oxygen atoms in total. The van der Waals surface area contributed by atoms with Gasteiger partial charge in [-0.3, -0.25) is 0 Å². The molecule has 0 amide bonds. The van der Waals surface area contributed by atoms with Crippen molar-refractivity contribution >= 4 is 5.82 Å². The summed E-state index contributed by atoms with van der Waals surface area (Å²) >= 11 is 0. The monoisotopic (exact) mass is 312 g/mol. The summed E-state index contributed by atoms with van der Waals surface area (Å²) in [5.41, 5.74) is 2.12. The Morgan fingerprint density at radius 1 is 1.17 bits per heavy atom. The highest BCUT2D eigenvalue weighted by molar-refractivity contribution is 5.55. The van der Waals surface area contributed by atoms with E-state index in [-0.39, 0.29) is 6.10 Å². The van der Waals surface area contributed by atoms with Crippen LogP contribution in [0.1, 0.15) is 23.7 Å². The number of nitrogens with zero attached hydrogens (tertiary/aromatic N) is 3. The molecule has 0 aliphatic heterocycles. The molecule has 2 rings (SSSR count). The first kappa shape index (κ1) is 16.6. The number of hydrogen-bond acceptors (Lipinski definition) is 6. The Morgan fingerprint density at radius 2 is 1.83 bits per heavy atom. The quantitative estimate of drug-likeness (QED) is 0.883. The van der Waals surface area contributed by atoms with Crippen LogP contribution in [0.4, 0.5) is 5.82 Å². The number of hydrogen-bond donors (Lipinski definition) is 1. The maximum atomic E-state index is 9.27. The molecule has 0 saturated carbocycles. The van der Waals surface area contributed by atoms with Crippen molar-refractivity contribution in [3.8, 4) is 17.6 Å². The highest BCUT2D eigenvalue weighted by Gasteiger charge is 2.12. The Bertz CT molecular complexity index is 708. The molecule has 1 N–H and O–H groups in total. The van der Waals surface area contributed by atoms with Crippen molar-refractivity contribution < 1.29 is 9.47 Å². The fourth-order valence-electron chi connectivity index (χ4n) is 2.04. The molecule has 0 aliphatic carbocycles. The number of ether oxygens (including phenoxy) is 2. The summed E-state index contributed by atoms with van der Waals surface area (Å²) in [6, 6.07) is 9.57. The lowest BCUT2D eigenvalue weighted by atomic mass is 10.1. The van der Waals surface area contributed by atoms with Crippen LogP contribution in [-0.4, -0.2) is 30.0 Å². The van der Waals surface area contributed by atoms with E-state index in [1.165, 1.54) is 0 Å². The molecule has 2 aromatic rings. The minimum absolute atomic E-state index is 0.0988. The fourth-order valence-corrected chi connectivity index (χ4v) is 2.04. The van der Waals surface area contributed by atoms with Crippen LogP contribution in [0.3, 0.4) is 0 Å². The summed E-state index contributed by atoms with van der Waals surface area (Å²) in [6.45, 7) is 6.16. The van der Waals surface area contributed by atoms with Crippen molar-refractivity contribution in [2.75, 3.05) is 19.0 Å². The van der Waals surface area contributed by atoms with Crippen molar-refractivity contribution in [2.24, 2.45) is 0 Å². The first-order valence-electron chi connectivity index (χ1n) is 7.33. The zero-order valence-electron chi connectivity index (χ0n) is 13.8. The maximum absolute atomic E-state index is 9.27. The van der Waals surface area contributed by atoms with Gasteiger partial charge in [0, 0.05) is 0 Å². The number of methoxy groups -OCH3 is 1. The van der Waals surface area contributed by atoms with Gasteiger partial charge in [-0.25, -0.2) is 0 Å². The summed E-state index contributed by atoms with van der Waals surface area (Å²) in [7, 11) is 1.62. The first-order chi connectivity index (χ1) is 11.0. The SMILES string of the molecule is COc1ccc(OC(C)CNc2nnc(C)c(C)c2C#N)cc1. The number of aryl methyl sites for hydroxylation is 1. The average molecular weight is 312 g/mol. The first-order valence-corrected chi connectivity index (χ1v) is 7.33. The van der Waals surface area contributed by atoms with E-state index in [9.17, 15) is 5.26 Å². The molecule has 1 atom stereocenters. The van der Waals surface area contributed by atoms with Gasteiger partial charge >= 0.3 is 0 Å². The number of anilines is 1. The molecule has 0 radical (unpaired) electrons. The van der Waals surface area contributed by atoms with Crippen molar-refractivity contribution in [1.82, 2.24) is 10.2 Å². The van der Waals surface area contributed by atoms with Crippen LogP contribution < -0.4 is 14.8 Å². The van der Waals surface area contributed by atoms with Gasteiger partial charge in [0.1, 0.15) is 29.2 Å². The number of rotatable bonds is 6. The molecule has 0 fully saturated rings. The van der Waals surface area contributed by atoms with E-state index in [0.717, 1.165) is 22.8 Å². The smallest absolute Gasteiger partial charge is 0.167 e. The average Bonchev–Trinajstić information content (AvgIpc) is 2.56. The Morgan fingerprint density at radius 3 is 2.43 bits per heavy atom. The number of aromatic nitrogens is 2. The van der Waals surface area contributed by atoms with Gasteiger partial charge in [0.15, 0.2) is 5.82 Å². The van der Waals surface area contributed by atoms with Crippen molar-refractivity contribution in [3.63, 3.8) is 0 Å². The molecule has 1 aromatic carbocycles.